The molecule has 1 aliphatic rings. The summed E-state index contributed by atoms with van der Waals surface area (Å²) in [5.74, 6) is -0.240. The lowest BCUT2D eigenvalue weighted by molar-refractivity contribution is -0.133. The lowest BCUT2D eigenvalue weighted by Gasteiger charge is -2.25. The molecule has 2 heterocycles. The molecule has 0 bridgehead atoms. The maximum atomic E-state index is 13.1. The van der Waals surface area contributed by atoms with Crippen molar-refractivity contribution in [2.45, 2.75) is 32.4 Å². The van der Waals surface area contributed by atoms with Gasteiger partial charge in [-0.15, -0.1) is 0 Å². The Hall–Kier alpha value is -2.80. The number of aromatic nitrogens is 1. The van der Waals surface area contributed by atoms with Crippen LogP contribution < -0.4 is 5.32 Å². The van der Waals surface area contributed by atoms with Crippen LogP contribution in [0.4, 0.5) is 4.79 Å². The molecule has 7 nitrogen and oxygen atoms in total. The van der Waals surface area contributed by atoms with Crippen LogP contribution >= 0.6 is 11.6 Å². The zero-order valence-corrected chi connectivity index (χ0v) is 17.8. The first-order valence-electron chi connectivity index (χ1n) is 9.54. The number of amides is 3. The van der Waals surface area contributed by atoms with Crippen LogP contribution in [0.25, 0.3) is 0 Å². The first kappa shape index (κ1) is 20.9. The van der Waals surface area contributed by atoms with Crippen molar-refractivity contribution < 1.29 is 9.59 Å². The predicted octanol–water partition coefficient (Wildman–Crippen LogP) is 3.41. The minimum absolute atomic E-state index is 0.00406. The second kappa shape index (κ2) is 8.69. The van der Waals surface area contributed by atoms with Crippen molar-refractivity contribution in [2.24, 2.45) is 12.1 Å². The number of aryl methyl sites for hydroxylation is 1. The average Bonchev–Trinajstić information content (AvgIpc) is 3.28. The number of benzene rings is 1. The normalized spacial score (nSPS) is 16.1. The molecule has 8 heteroatoms. The molecule has 0 spiro atoms. The third-order valence-electron chi connectivity index (χ3n) is 4.79. The lowest BCUT2D eigenvalue weighted by atomic mass is 10.0. The van der Waals surface area contributed by atoms with E-state index in [1.54, 1.807) is 7.05 Å². The molecule has 0 aliphatic carbocycles. The Balaban J connectivity index is 1.85. The number of hydrazone groups is 1. The Labute approximate surface area is 175 Å². The van der Waals surface area contributed by atoms with E-state index in [0.717, 1.165) is 17.0 Å². The first-order chi connectivity index (χ1) is 13.8. The second-order valence-corrected chi connectivity index (χ2v) is 7.96. The minimum atomic E-state index is -0.290. The Kier molecular flexibility index (Phi) is 6.27. The summed E-state index contributed by atoms with van der Waals surface area (Å²) in [6.45, 7) is 3.69. The summed E-state index contributed by atoms with van der Waals surface area (Å²) in [6, 6.07) is 10.8. The zero-order chi connectivity index (χ0) is 21.1. The van der Waals surface area contributed by atoms with E-state index in [9.17, 15) is 9.59 Å². The van der Waals surface area contributed by atoms with Crippen molar-refractivity contribution in [3.8, 4) is 0 Å². The van der Waals surface area contributed by atoms with E-state index in [-0.39, 0.29) is 30.6 Å². The monoisotopic (exact) mass is 415 g/mol. The highest BCUT2D eigenvalue weighted by Crippen LogP contribution is 2.33. The molecule has 2 aromatic rings. The van der Waals surface area contributed by atoms with Crippen molar-refractivity contribution in [3.05, 3.63) is 58.9 Å². The van der Waals surface area contributed by atoms with Crippen LogP contribution in [0.2, 0.25) is 5.02 Å². The molecular weight excluding hydrogens is 390 g/mol. The summed E-state index contributed by atoms with van der Waals surface area (Å²) in [7, 11) is 3.55. The highest BCUT2D eigenvalue weighted by molar-refractivity contribution is 6.30. The third kappa shape index (κ3) is 4.79. The number of urea groups is 1. The molecule has 1 unspecified atom stereocenters. The van der Waals surface area contributed by atoms with Crippen molar-refractivity contribution >= 4 is 29.3 Å². The predicted molar refractivity (Wildman–Crippen MR) is 114 cm³/mol. The molecule has 3 amide bonds. The molecule has 1 aromatic carbocycles. The van der Waals surface area contributed by atoms with E-state index >= 15 is 0 Å². The molecular formula is C21H26ClN5O2. The van der Waals surface area contributed by atoms with Gasteiger partial charge < -0.3 is 14.8 Å². The van der Waals surface area contributed by atoms with Crippen LogP contribution in [0.15, 0.2) is 47.7 Å². The van der Waals surface area contributed by atoms with E-state index < -0.39 is 0 Å². The number of rotatable bonds is 5. The largest absolute Gasteiger partial charge is 0.350 e. The average molecular weight is 416 g/mol. The minimum Gasteiger partial charge on any atom is -0.350 e. The number of nitrogens with one attached hydrogen (secondary N) is 1. The van der Waals surface area contributed by atoms with E-state index in [1.165, 1.54) is 9.91 Å². The molecule has 1 aliphatic heterocycles. The van der Waals surface area contributed by atoms with Gasteiger partial charge in [-0.05, 0) is 43.7 Å². The van der Waals surface area contributed by atoms with Gasteiger partial charge in [0.15, 0.2) is 0 Å². The van der Waals surface area contributed by atoms with Gasteiger partial charge in [-0.1, -0.05) is 23.7 Å². The van der Waals surface area contributed by atoms with Crippen LogP contribution in [-0.4, -0.2) is 51.8 Å². The van der Waals surface area contributed by atoms with Crippen LogP contribution in [0.1, 0.15) is 37.6 Å². The number of halogens is 1. The fourth-order valence-corrected chi connectivity index (χ4v) is 3.43. The first-order valence-corrected chi connectivity index (χ1v) is 9.92. The summed E-state index contributed by atoms with van der Waals surface area (Å²) in [5.41, 5.74) is 2.75. The van der Waals surface area contributed by atoms with Crippen molar-refractivity contribution in [3.63, 3.8) is 0 Å². The van der Waals surface area contributed by atoms with Crippen molar-refractivity contribution in [2.75, 3.05) is 13.6 Å². The molecule has 1 atom stereocenters. The van der Waals surface area contributed by atoms with E-state index in [1.807, 2.05) is 68.1 Å². The molecule has 3 rings (SSSR count). The Morgan fingerprint density at radius 1 is 1.28 bits per heavy atom. The van der Waals surface area contributed by atoms with Gasteiger partial charge in [0.25, 0.3) is 5.91 Å². The molecule has 0 saturated carbocycles. The summed E-state index contributed by atoms with van der Waals surface area (Å²) in [5, 5.41) is 9.55. The Morgan fingerprint density at radius 2 is 1.97 bits per heavy atom. The fraction of sp³-hybridized carbons (Fsp3) is 0.381. The quantitative estimate of drug-likeness (QED) is 0.812. The summed E-state index contributed by atoms with van der Waals surface area (Å²) >= 11 is 6.03. The Bertz CT molecular complexity index is 919. The molecule has 1 aromatic heterocycles. The van der Waals surface area contributed by atoms with Crippen LogP contribution in [0.5, 0.6) is 0 Å². The van der Waals surface area contributed by atoms with Gasteiger partial charge in [0.1, 0.15) is 6.54 Å². The molecule has 0 fully saturated rings. The number of nitrogens with zero attached hydrogens (tertiary/aromatic N) is 4. The summed E-state index contributed by atoms with van der Waals surface area (Å²) in [6.07, 6.45) is 2.54. The van der Waals surface area contributed by atoms with Gasteiger partial charge >= 0.3 is 6.03 Å². The molecule has 29 heavy (non-hydrogen) atoms. The highest BCUT2D eigenvalue weighted by Gasteiger charge is 2.34. The van der Waals surface area contributed by atoms with Gasteiger partial charge in [-0.3, -0.25) is 4.79 Å². The van der Waals surface area contributed by atoms with Gasteiger partial charge in [-0.2, -0.15) is 5.10 Å². The van der Waals surface area contributed by atoms with E-state index in [0.29, 0.717) is 11.4 Å². The second-order valence-electron chi connectivity index (χ2n) is 7.52. The number of carbonyl (C=O) groups excluding carboxylic acids is 2. The number of likely N-dealkylation sites (N-methyl/N-ethyl adjacent to an activating group) is 1. The summed E-state index contributed by atoms with van der Waals surface area (Å²) in [4.78, 5) is 26.6. The van der Waals surface area contributed by atoms with Gasteiger partial charge in [0.2, 0.25) is 0 Å². The smallest absolute Gasteiger partial charge is 0.317 e. The highest BCUT2D eigenvalue weighted by atomic mass is 35.5. The molecule has 154 valence electrons. The third-order valence-corrected chi connectivity index (χ3v) is 5.04. The number of carbonyl (C=O) groups is 2. The topological polar surface area (TPSA) is 69.9 Å². The standard InChI is InChI=1S/C21H26ClN5O2/c1-14(2)23-21(29)26(4)13-20(28)27-19(15-7-9-16(22)10-8-15)12-17(24-27)18-6-5-11-25(18)3/h5-11,14,19H,12-13H2,1-4H3,(H,23,29). The molecule has 0 radical (unpaired) electrons. The zero-order valence-electron chi connectivity index (χ0n) is 17.1. The number of hydrogen-bond acceptors (Lipinski definition) is 3. The lowest BCUT2D eigenvalue weighted by Crippen LogP contribution is -2.45. The van der Waals surface area contributed by atoms with Crippen LogP contribution in [0.3, 0.4) is 0 Å². The van der Waals surface area contributed by atoms with Crippen molar-refractivity contribution in [1.82, 2.24) is 19.8 Å². The maximum absolute atomic E-state index is 13.1. The van der Waals surface area contributed by atoms with Gasteiger partial charge in [-0.25, -0.2) is 9.80 Å². The van der Waals surface area contributed by atoms with Crippen LogP contribution in [-0.2, 0) is 11.8 Å². The van der Waals surface area contributed by atoms with Crippen LogP contribution in [0, 0.1) is 0 Å². The molecule has 1 N–H and O–H groups in total. The molecule has 0 saturated heterocycles. The van der Waals surface area contributed by atoms with E-state index in [2.05, 4.69) is 10.4 Å². The van der Waals surface area contributed by atoms with E-state index in [4.69, 9.17) is 11.6 Å². The van der Waals surface area contributed by atoms with Gasteiger partial charge in [0, 0.05) is 37.8 Å². The Morgan fingerprint density at radius 3 is 2.55 bits per heavy atom. The SMILES string of the molecule is CC(C)NC(=O)N(C)CC(=O)N1N=C(c2cccn2C)CC1c1ccc(Cl)cc1. The van der Waals surface area contributed by atoms with Crippen molar-refractivity contribution in [1.29, 1.82) is 0 Å². The number of hydrogen-bond donors (Lipinski definition) is 1. The fourth-order valence-electron chi connectivity index (χ4n) is 3.30. The summed E-state index contributed by atoms with van der Waals surface area (Å²) < 4.78 is 1.98. The maximum Gasteiger partial charge on any atom is 0.317 e. The van der Waals surface area contributed by atoms with Gasteiger partial charge in [0.05, 0.1) is 17.4 Å².